The van der Waals surface area contributed by atoms with Crippen LogP contribution in [0.25, 0.3) is 0 Å². The van der Waals surface area contributed by atoms with Crippen LogP contribution in [0.3, 0.4) is 0 Å². The van der Waals surface area contributed by atoms with E-state index in [9.17, 15) is 0 Å². The molecule has 1 aliphatic carbocycles. The lowest BCUT2D eigenvalue weighted by Crippen LogP contribution is -2.40. The maximum absolute atomic E-state index is 6.40. The van der Waals surface area contributed by atoms with Crippen molar-refractivity contribution in [2.75, 3.05) is 13.2 Å². The Kier molecular flexibility index (Phi) is 5.62. The molecule has 0 bridgehead atoms. The van der Waals surface area contributed by atoms with Gasteiger partial charge >= 0.3 is 0 Å². The maximum atomic E-state index is 6.40. The molecule has 0 radical (unpaired) electrons. The van der Waals surface area contributed by atoms with Crippen LogP contribution in [-0.4, -0.2) is 18.8 Å². The van der Waals surface area contributed by atoms with Crippen LogP contribution < -0.4 is 5.73 Å². The quantitative estimate of drug-likeness (QED) is 0.562. The summed E-state index contributed by atoms with van der Waals surface area (Å²) < 4.78 is 5.62. The lowest BCUT2D eigenvalue weighted by Gasteiger charge is -2.28. The molecule has 0 aliphatic heterocycles. The van der Waals surface area contributed by atoms with Gasteiger partial charge in [-0.25, -0.2) is 0 Å². The van der Waals surface area contributed by atoms with E-state index < -0.39 is 0 Å². The fraction of sp³-hybridized carbons (Fsp3) is 1.00. The Bertz CT molecular complexity index is 160. The Morgan fingerprint density at radius 1 is 1.13 bits per heavy atom. The minimum Gasteiger partial charge on any atom is -0.381 e. The third-order valence-electron chi connectivity index (χ3n) is 3.29. The van der Waals surface area contributed by atoms with Crippen LogP contribution in [-0.2, 0) is 4.74 Å². The van der Waals surface area contributed by atoms with Crippen molar-refractivity contribution in [1.29, 1.82) is 0 Å². The summed E-state index contributed by atoms with van der Waals surface area (Å²) in [5, 5.41) is 0. The van der Waals surface area contributed by atoms with Crippen molar-refractivity contribution in [3.63, 3.8) is 0 Å². The van der Waals surface area contributed by atoms with Gasteiger partial charge in [0.2, 0.25) is 0 Å². The third kappa shape index (κ3) is 5.53. The molecule has 0 aromatic carbocycles. The van der Waals surface area contributed by atoms with Crippen LogP contribution in [0.2, 0.25) is 0 Å². The number of hydrogen-bond acceptors (Lipinski definition) is 2. The highest BCUT2D eigenvalue weighted by Crippen LogP contribution is 2.27. The van der Waals surface area contributed by atoms with Gasteiger partial charge in [0.05, 0.1) is 0 Å². The number of hydrogen-bond donors (Lipinski definition) is 1. The number of ether oxygens (including phenoxy) is 1. The third-order valence-corrected chi connectivity index (χ3v) is 3.29. The molecule has 2 N–H and O–H groups in total. The van der Waals surface area contributed by atoms with Crippen LogP contribution in [0.5, 0.6) is 0 Å². The summed E-state index contributed by atoms with van der Waals surface area (Å²) in [5.74, 6) is 0.632. The lowest BCUT2D eigenvalue weighted by atomic mass is 9.88. The van der Waals surface area contributed by atoms with Crippen molar-refractivity contribution in [2.45, 2.75) is 64.3 Å². The second-order valence-electron chi connectivity index (χ2n) is 5.50. The molecule has 0 aromatic heterocycles. The molecule has 0 unspecified atom stereocenters. The molecule has 1 fully saturated rings. The first-order valence-corrected chi connectivity index (χ1v) is 6.49. The fourth-order valence-electron chi connectivity index (χ4n) is 2.28. The molecule has 90 valence electrons. The van der Waals surface area contributed by atoms with E-state index in [1.54, 1.807) is 0 Å². The molecule has 0 atom stereocenters. The van der Waals surface area contributed by atoms with Gasteiger partial charge in [-0.3, -0.25) is 0 Å². The average molecular weight is 213 g/mol. The van der Waals surface area contributed by atoms with Crippen molar-refractivity contribution < 1.29 is 4.74 Å². The zero-order valence-electron chi connectivity index (χ0n) is 10.4. The smallest absolute Gasteiger partial charge is 0.0489 e. The van der Waals surface area contributed by atoms with E-state index in [1.165, 1.54) is 38.5 Å². The predicted molar refractivity (Wildman–Crippen MR) is 64.9 cm³/mol. The molecule has 0 amide bonds. The van der Waals surface area contributed by atoms with E-state index >= 15 is 0 Å². The van der Waals surface area contributed by atoms with Crippen molar-refractivity contribution in [1.82, 2.24) is 0 Å². The summed E-state index contributed by atoms with van der Waals surface area (Å²) in [4.78, 5) is 0. The van der Waals surface area contributed by atoms with Crippen LogP contribution in [0, 0.1) is 5.92 Å². The first-order chi connectivity index (χ1) is 7.12. The average Bonchev–Trinajstić information content (AvgIpc) is 2.38. The van der Waals surface area contributed by atoms with Crippen LogP contribution in [0.4, 0.5) is 0 Å². The van der Waals surface area contributed by atoms with Gasteiger partial charge in [0, 0.05) is 18.8 Å². The Hall–Kier alpha value is -0.0800. The molecular formula is C13H27NO. The molecule has 15 heavy (non-hydrogen) atoms. The van der Waals surface area contributed by atoms with Crippen LogP contribution in [0.1, 0.15) is 58.8 Å². The first kappa shape index (κ1) is 13.0. The van der Waals surface area contributed by atoms with Gasteiger partial charge in [0.1, 0.15) is 0 Å². The van der Waals surface area contributed by atoms with Gasteiger partial charge in [-0.05, 0) is 25.2 Å². The predicted octanol–water partition coefficient (Wildman–Crippen LogP) is 3.10. The van der Waals surface area contributed by atoms with Gasteiger partial charge in [-0.15, -0.1) is 0 Å². The van der Waals surface area contributed by atoms with E-state index in [0.717, 1.165) is 19.6 Å². The Balaban J connectivity index is 2.16. The Morgan fingerprint density at radius 3 is 2.27 bits per heavy atom. The minimum absolute atomic E-state index is 0.0769. The summed E-state index contributed by atoms with van der Waals surface area (Å²) >= 11 is 0. The Morgan fingerprint density at radius 2 is 1.73 bits per heavy atom. The van der Waals surface area contributed by atoms with Gasteiger partial charge in [-0.1, -0.05) is 39.5 Å². The van der Waals surface area contributed by atoms with E-state index in [0.29, 0.717) is 5.92 Å². The van der Waals surface area contributed by atoms with E-state index in [1.807, 2.05) is 0 Å². The van der Waals surface area contributed by atoms with E-state index in [2.05, 4.69) is 13.8 Å². The molecule has 1 saturated carbocycles. The van der Waals surface area contributed by atoms with Gasteiger partial charge in [0.15, 0.2) is 0 Å². The first-order valence-electron chi connectivity index (χ1n) is 6.49. The number of rotatable bonds is 5. The molecule has 1 rings (SSSR count). The fourth-order valence-corrected chi connectivity index (χ4v) is 2.28. The van der Waals surface area contributed by atoms with Crippen LogP contribution >= 0.6 is 0 Å². The van der Waals surface area contributed by atoms with Gasteiger partial charge in [0.25, 0.3) is 0 Å². The minimum atomic E-state index is 0.0769. The normalized spacial score (nSPS) is 21.6. The molecule has 1 aliphatic rings. The highest BCUT2D eigenvalue weighted by molar-refractivity contribution is 4.85. The molecular weight excluding hydrogens is 186 g/mol. The second-order valence-corrected chi connectivity index (χ2v) is 5.50. The van der Waals surface area contributed by atoms with Crippen LogP contribution in [0.15, 0.2) is 0 Å². The van der Waals surface area contributed by atoms with Crippen molar-refractivity contribution in [3.8, 4) is 0 Å². The second kappa shape index (κ2) is 6.49. The summed E-state index contributed by atoms with van der Waals surface area (Å²) in [7, 11) is 0. The molecule has 0 aromatic rings. The van der Waals surface area contributed by atoms with Crippen molar-refractivity contribution in [2.24, 2.45) is 11.7 Å². The van der Waals surface area contributed by atoms with Gasteiger partial charge in [-0.2, -0.15) is 0 Å². The van der Waals surface area contributed by atoms with Crippen molar-refractivity contribution in [3.05, 3.63) is 0 Å². The number of nitrogens with two attached hydrogens (primary N) is 1. The summed E-state index contributed by atoms with van der Waals surface area (Å²) in [5.41, 5.74) is 6.47. The SMILES string of the molecule is CC(C)COCCC1(N)CCCCCC1. The molecule has 0 spiro atoms. The largest absolute Gasteiger partial charge is 0.381 e. The monoisotopic (exact) mass is 213 g/mol. The van der Waals surface area contributed by atoms with E-state index in [4.69, 9.17) is 10.5 Å². The van der Waals surface area contributed by atoms with E-state index in [-0.39, 0.29) is 5.54 Å². The molecule has 0 heterocycles. The summed E-state index contributed by atoms with van der Waals surface area (Å²) in [6, 6.07) is 0. The lowest BCUT2D eigenvalue weighted by molar-refractivity contribution is 0.0905. The summed E-state index contributed by atoms with van der Waals surface area (Å²) in [6.45, 7) is 6.08. The highest BCUT2D eigenvalue weighted by atomic mass is 16.5. The maximum Gasteiger partial charge on any atom is 0.0489 e. The molecule has 2 heteroatoms. The zero-order chi connectivity index (χ0) is 11.1. The van der Waals surface area contributed by atoms with Gasteiger partial charge < -0.3 is 10.5 Å². The standard InChI is InChI=1S/C13H27NO/c1-12(2)11-15-10-9-13(14)7-5-3-4-6-8-13/h12H,3-11,14H2,1-2H3. The highest BCUT2D eigenvalue weighted by Gasteiger charge is 2.25. The topological polar surface area (TPSA) is 35.2 Å². The summed E-state index contributed by atoms with van der Waals surface area (Å²) in [6.07, 6.45) is 8.77. The molecule has 2 nitrogen and oxygen atoms in total. The van der Waals surface area contributed by atoms with Crippen molar-refractivity contribution >= 4 is 0 Å². The molecule has 0 saturated heterocycles. The zero-order valence-corrected chi connectivity index (χ0v) is 10.4. The Labute approximate surface area is 94.6 Å².